The van der Waals surface area contributed by atoms with Crippen molar-refractivity contribution in [3.8, 4) is 0 Å². The fraction of sp³-hybridized carbons (Fsp3) is 0.500. The Balaban J connectivity index is 2.99. The maximum Gasteiger partial charge on any atom is 0.272 e. The van der Waals surface area contributed by atoms with Crippen LogP contribution in [0.4, 0.5) is 0 Å². The van der Waals surface area contributed by atoms with Gasteiger partial charge in [-0.2, -0.15) is 0 Å². The summed E-state index contributed by atoms with van der Waals surface area (Å²) in [5.74, 6) is 0. The number of rotatable bonds is 2. The topological polar surface area (TPSA) is 69.4 Å². The van der Waals surface area contributed by atoms with Crippen LogP contribution in [0.1, 0.15) is 20.3 Å². The third-order valence-electron chi connectivity index (χ3n) is 1.99. The fourth-order valence-electron chi connectivity index (χ4n) is 1.20. The molecule has 5 nitrogen and oxygen atoms in total. The van der Waals surface area contributed by atoms with Crippen LogP contribution in [0.5, 0.6) is 0 Å². The Morgan fingerprint density at radius 3 is 2.77 bits per heavy atom. The van der Waals surface area contributed by atoms with Crippen LogP contribution in [0.25, 0.3) is 0 Å². The normalized spacial score (nSPS) is 22.4. The maximum absolute atomic E-state index is 11.1. The molecule has 0 aromatic carbocycles. The summed E-state index contributed by atoms with van der Waals surface area (Å²) in [6, 6.07) is -0.448. The van der Waals surface area contributed by atoms with Crippen molar-refractivity contribution in [1.29, 1.82) is 0 Å². The third kappa shape index (κ3) is 1.86. The summed E-state index contributed by atoms with van der Waals surface area (Å²) in [5, 5.41) is 22.4. The molecule has 1 aliphatic heterocycles. The van der Waals surface area contributed by atoms with Gasteiger partial charge in [0.05, 0.1) is 4.92 Å². The zero-order valence-corrected chi connectivity index (χ0v) is 7.56. The zero-order valence-electron chi connectivity index (χ0n) is 7.56. The van der Waals surface area contributed by atoms with E-state index >= 15 is 0 Å². The number of nitrogens with zero attached hydrogens (tertiary/aromatic N) is 2. The second-order valence-electron chi connectivity index (χ2n) is 2.92. The lowest BCUT2D eigenvalue weighted by atomic mass is 10.1. The Morgan fingerprint density at radius 2 is 2.31 bits per heavy atom. The van der Waals surface area contributed by atoms with Crippen molar-refractivity contribution in [2.75, 3.05) is 0 Å². The van der Waals surface area contributed by atoms with Crippen LogP contribution < -0.4 is 0 Å². The first kappa shape index (κ1) is 9.73. The zero-order chi connectivity index (χ0) is 10.0. The second kappa shape index (κ2) is 3.57. The first-order chi connectivity index (χ1) is 6.06. The number of hydroxylamine groups is 2. The Hall–Kier alpha value is -1.36. The molecule has 13 heavy (non-hydrogen) atoms. The largest absolute Gasteiger partial charge is 0.758 e. The van der Waals surface area contributed by atoms with Gasteiger partial charge in [0.2, 0.25) is 0 Å². The van der Waals surface area contributed by atoms with E-state index in [1.54, 1.807) is 13.8 Å². The van der Waals surface area contributed by atoms with Crippen molar-refractivity contribution in [1.82, 2.24) is 5.06 Å². The van der Waals surface area contributed by atoms with E-state index in [-0.39, 0.29) is 5.70 Å². The van der Waals surface area contributed by atoms with E-state index in [1.807, 2.05) is 0 Å². The number of allylic oxidation sites excluding steroid dienone is 1. The summed E-state index contributed by atoms with van der Waals surface area (Å²) >= 11 is 0. The molecule has 0 bridgehead atoms. The molecule has 0 aliphatic carbocycles. The Bertz CT molecular complexity index is 283. The minimum absolute atomic E-state index is 0.0575. The Kier molecular flexibility index (Phi) is 2.67. The van der Waals surface area contributed by atoms with Gasteiger partial charge in [-0.15, -0.1) is 0 Å². The maximum atomic E-state index is 11.1. The molecule has 1 aliphatic rings. The molecular weight excluding hydrogens is 172 g/mol. The summed E-state index contributed by atoms with van der Waals surface area (Å²) < 4.78 is 0. The molecule has 1 atom stereocenters. The van der Waals surface area contributed by atoms with Gasteiger partial charge < -0.3 is 10.3 Å². The van der Waals surface area contributed by atoms with Crippen molar-refractivity contribution in [3.63, 3.8) is 0 Å². The van der Waals surface area contributed by atoms with Crippen molar-refractivity contribution in [3.05, 3.63) is 38.9 Å². The minimum atomic E-state index is -0.448. The van der Waals surface area contributed by atoms with E-state index in [2.05, 4.69) is 0 Å². The summed E-state index contributed by atoms with van der Waals surface area (Å²) in [4.78, 5) is 10.1. The average Bonchev–Trinajstić information content (AvgIpc) is 2.08. The predicted molar refractivity (Wildman–Crippen MR) is 48.1 cm³/mol. The molecule has 0 spiro atoms. The molecule has 0 aromatic rings. The highest BCUT2D eigenvalue weighted by Crippen LogP contribution is 2.22. The lowest BCUT2D eigenvalue weighted by molar-refractivity contribution is -0.421. The standard InChI is InChI=1S/C8H11N2O3/c1-3-7-5-9(11)6(2)4-8(7)10(12)13/h4-6H,3H2,1-2H3/q-1. The number of hydrogen-bond donors (Lipinski definition) is 0. The molecule has 0 radical (unpaired) electrons. The molecule has 0 N–H and O–H groups in total. The highest BCUT2D eigenvalue weighted by Gasteiger charge is 2.21. The van der Waals surface area contributed by atoms with Crippen LogP contribution >= 0.6 is 0 Å². The first-order valence-corrected chi connectivity index (χ1v) is 4.09. The smallest absolute Gasteiger partial charge is 0.272 e. The second-order valence-corrected chi connectivity index (χ2v) is 2.92. The monoisotopic (exact) mass is 183 g/mol. The van der Waals surface area contributed by atoms with Gasteiger partial charge >= 0.3 is 0 Å². The van der Waals surface area contributed by atoms with Crippen molar-refractivity contribution in [2.45, 2.75) is 26.3 Å². The van der Waals surface area contributed by atoms with Gasteiger partial charge in [-0.3, -0.25) is 10.1 Å². The van der Waals surface area contributed by atoms with E-state index in [9.17, 15) is 15.3 Å². The lowest BCUT2D eigenvalue weighted by Gasteiger charge is -2.34. The summed E-state index contributed by atoms with van der Waals surface area (Å²) in [6.07, 6.45) is 3.17. The van der Waals surface area contributed by atoms with Crippen molar-refractivity contribution >= 4 is 0 Å². The van der Waals surface area contributed by atoms with Gasteiger partial charge in [0.15, 0.2) is 0 Å². The lowest BCUT2D eigenvalue weighted by Crippen LogP contribution is -2.26. The van der Waals surface area contributed by atoms with Crippen LogP contribution in [-0.4, -0.2) is 16.0 Å². The van der Waals surface area contributed by atoms with Crippen molar-refractivity contribution in [2.24, 2.45) is 0 Å². The van der Waals surface area contributed by atoms with Gasteiger partial charge in [0.25, 0.3) is 5.70 Å². The molecular formula is C8H11N2O3-. The highest BCUT2D eigenvalue weighted by molar-refractivity contribution is 5.29. The Morgan fingerprint density at radius 1 is 1.69 bits per heavy atom. The van der Waals surface area contributed by atoms with E-state index in [4.69, 9.17) is 0 Å². The molecule has 1 rings (SSSR count). The molecule has 0 fully saturated rings. The van der Waals surface area contributed by atoms with Gasteiger partial charge in [-0.1, -0.05) is 6.92 Å². The molecule has 1 heterocycles. The summed E-state index contributed by atoms with van der Waals surface area (Å²) in [7, 11) is 0. The van der Waals surface area contributed by atoms with Crippen LogP contribution in [0.15, 0.2) is 23.5 Å². The van der Waals surface area contributed by atoms with E-state index in [0.29, 0.717) is 12.0 Å². The predicted octanol–water partition coefficient (Wildman–Crippen LogP) is 1.64. The number of nitro groups is 1. The van der Waals surface area contributed by atoms with Gasteiger partial charge in [0, 0.05) is 17.7 Å². The molecule has 5 heteroatoms. The van der Waals surface area contributed by atoms with Crippen LogP contribution in [0.3, 0.4) is 0 Å². The van der Waals surface area contributed by atoms with Gasteiger partial charge in [-0.25, -0.2) is 0 Å². The van der Waals surface area contributed by atoms with Gasteiger partial charge in [-0.05, 0) is 19.5 Å². The fourth-order valence-corrected chi connectivity index (χ4v) is 1.20. The Labute approximate surface area is 76.1 Å². The van der Waals surface area contributed by atoms with Gasteiger partial charge in [0.1, 0.15) is 0 Å². The molecule has 0 saturated carbocycles. The molecule has 0 aromatic heterocycles. The van der Waals surface area contributed by atoms with E-state index in [0.717, 1.165) is 5.06 Å². The van der Waals surface area contributed by atoms with Crippen LogP contribution in [0, 0.1) is 15.3 Å². The minimum Gasteiger partial charge on any atom is -0.758 e. The summed E-state index contributed by atoms with van der Waals surface area (Å²) in [6.45, 7) is 3.41. The van der Waals surface area contributed by atoms with E-state index < -0.39 is 11.0 Å². The van der Waals surface area contributed by atoms with Crippen molar-refractivity contribution < 1.29 is 4.92 Å². The van der Waals surface area contributed by atoms with Crippen LogP contribution in [0.2, 0.25) is 0 Å². The molecule has 72 valence electrons. The van der Waals surface area contributed by atoms with E-state index in [1.165, 1.54) is 12.3 Å². The number of hydrogen-bond acceptors (Lipinski definition) is 4. The quantitative estimate of drug-likeness (QED) is 0.482. The molecule has 1 unspecified atom stereocenters. The average molecular weight is 183 g/mol. The SMILES string of the molecule is CCC1=CN([O-])C(C)C=C1[N+](=O)[O-]. The highest BCUT2D eigenvalue weighted by atomic mass is 16.6. The first-order valence-electron chi connectivity index (χ1n) is 4.09. The molecule has 0 amide bonds. The third-order valence-corrected chi connectivity index (χ3v) is 1.99. The summed E-state index contributed by atoms with van der Waals surface area (Å²) in [5.41, 5.74) is 0.542. The van der Waals surface area contributed by atoms with Crippen LogP contribution in [-0.2, 0) is 0 Å². The molecule has 0 saturated heterocycles.